The van der Waals surface area contributed by atoms with Crippen molar-refractivity contribution in [2.24, 2.45) is 0 Å². The first-order valence-electron chi connectivity index (χ1n) is 14.5. The topological polar surface area (TPSA) is 72.6 Å². The van der Waals surface area contributed by atoms with Crippen LogP contribution in [-0.2, 0) is 25.8 Å². The minimum absolute atomic E-state index is 0. The summed E-state index contributed by atoms with van der Waals surface area (Å²) in [5.41, 5.74) is 6.41. The number of nitrogens with zero attached hydrogens (tertiary/aromatic N) is 4. The van der Waals surface area contributed by atoms with E-state index in [0.29, 0.717) is 23.1 Å². The van der Waals surface area contributed by atoms with Crippen LogP contribution in [0.1, 0.15) is 11.3 Å². The van der Waals surface area contributed by atoms with Gasteiger partial charge >= 0.3 is 21.1 Å². The molecule has 9 heteroatoms. The number of methoxy groups -OCH3 is 2. The Bertz CT molecular complexity index is 2150. The van der Waals surface area contributed by atoms with Crippen molar-refractivity contribution in [3.63, 3.8) is 0 Å². The number of aromatic nitrogens is 4. The van der Waals surface area contributed by atoms with Crippen molar-refractivity contribution in [1.29, 1.82) is 0 Å². The molecule has 3 heterocycles. The third-order valence-electron chi connectivity index (χ3n) is 7.61. The van der Waals surface area contributed by atoms with Gasteiger partial charge in [-0.25, -0.2) is 9.67 Å². The minimum atomic E-state index is 0. The SMILES string of the molecule is COCOc1c(-c2ccc(C)cc2)c(C)nn1-c1[c-]c(Oc2[c-]c3c(cc2)c2ccccc2n3-c2cc(OC)ccn2)ccc1.[Pt+2]. The zero-order chi connectivity index (χ0) is 30.9. The van der Waals surface area contributed by atoms with Gasteiger partial charge in [-0.1, -0.05) is 53.5 Å². The molecule has 46 heavy (non-hydrogen) atoms. The molecule has 0 radical (unpaired) electrons. The summed E-state index contributed by atoms with van der Waals surface area (Å²) < 4.78 is 27.0. The fourth-order valence-electron chi connectivity index (χ4n) is 5.53. The second kappa shape index (κ2) is 13.2. The molecule has 7 rings (SSSR count). The van der Waals surface area contributed by atoms with Crippen LogP contribution in [0.25, 0.3) is 44.4 Å². The third-order valence-corrected chi connectivity index (χ3v) is 7.61. The number of ether oxygens (including phenoxy) is 4. The van der Waals surface area contributed by atoms with Gasteiger partial charge in [-0.15, -0.1) is 35.7 Å². The van der Waals surface area contributed by atoms with Crippen LogP contribution < -0.4 is 14.2 Å². The van der Waals surface area contributed by atoms with Crippen molar-refractivity contribution >= 4 is 21.8 Å². The van der Waals surface area contributed by atoms with Crippen molar-refractivity contribution in [1.82, 2.24) is 19.3 Å². The maximum absolute atomic E-state index is 6.36. The second-order valence-electron chi connectivity index (χ2n) is 10.6. The molecule has 0 fully saturated rings. The molecule has 0 amide bonds. The Morgan fingerprint density at radius 2 is 1.61 bits per heavy atom. The van der Waals surface area contributed by atoms with Crippen LogP contribution in [0.5, 0.6) is 23.1 Å². The van der Waals surface area contributed by atoms with Gasteiger partial charge in [0.15, 0.2) is 6.79 Å². The normalized spacial score (nSPS) is 11.0. The van der Waals surface area contributed by atoms with Gasteiger partial charge in [0.25, 0.3) is 0 Å². The minimum Gasteiger partial charge on any atom is -0.509 e. The Labute approximate surface area is 281 Å². The number of para-hydroxylation sites is 1. The molecule has 8 nitrogen and oxygen atoms in total. The number of fused-ring (bicyclic) bond motifs is 3. The standard InChI is InChI=1S/C37H30N4O4.Pt/c1-24-12-14-26(15-13-24)36-25(2)39-41(37(36)44-23-42-3)27-8-7-9-29(20-27)45-30-16-17-32-31-10-5-6-11-33(31)40(34(32)21-30)35-22-28(43-4)18-19-38-35;/h5-19,22H,23H2,1-4H3;/q-2;+2. The van der Waals surface area contributed by atoms with E-state index in [-0.39, 0.29) is 27.9 Å². The molecular weight excluding hydrogens is 760 g/mol. The van der Waals surface area contributed by atoms with Gasteiger partial charge < -0.3 is 23.5 Å². The van der Waals surface area contributed by atoms with Gasteiger partial charge in [-0.2, -0.15) is 17.2 Å². The Hall–Kier alpha value is -4.91. The van der Waals surface area contributed by atoms with Crippen LogP contribution >= 0.6 is 0 Å². The van der Waals surface area contributed by atoms with Crippen LogP contribution in [-0.4, -0.2) is 40.3 Å². The van der Waals surface area contributed by atoms with Crippen LogP contribution in [0.4, 0.5) is 0 Å². The quantitative estimate of drug-likeness (QED) is 0.109. The number of pyridine rings is 1. The van der Waals surface area contributed by atoms with Crippen LogP contribution in [0, 0.1) is 26.0 Å². The summed E-state index contributed by atoms with van der Waals surface area (Å²) in [7, 11) is 3.24. The van der Waals surface area contributed by atoms with Crippen LogP contribution in [0.3, 0.4) is 0 Å². The summed E-state index contributed by atoms with van der Waals surface area (Å²) in [6, 6.07) is 36.7. The molecule has 0 spiro atoms. The molecule has 0 saturated heterocycles. The largest absolute Gasteiger partial charge is 2.00 e. The summed E-state index contributed by atoms with van der Waals surface area (Å²) in [6.07, 6.45) is 1.74. The summed E-state index contributed by atoms with van der Waals surface area (Å²) in [5, 5.41) is 6.96. The van der Waals surface area contributed by atoms with E-state index in [1.807, 2.05) is 61.5 Å². The van der Waals surface area contributed by atoms with Gasteiger partial charge in [0.2, 0.25) is 5.88 Å². The average Bonchev–Trinajstić information content (AvgIpc) is 3.58. The fourth-order valence-corrected chi connectivity index (χ4v) is 5.53. The van der Waals surface area contributed by atoms with E-state index < -0.39 is 0 Å². The van der Waals surface area contributed by atoms with Gasteiger partial charge in [0.05, 0.1) is 18.4 Å². The van der Waals surface area contributed by atoms with Crippen LogP contribution in [0.2, 0.25) is 0 Å². The molecule has 0 aliphatic rings. The van der Waals surface area contributed by atoms with E-state index in [2.05, 4.69) is 65.0 Å². The van der Waals surface area contributed by atoms with Crippen LogP contribution in [0.15, 0.2) is 97.2 Å². The first-order valence-corrected chi connectivity index (χ1v) is 14.5. The van der Waals surface area contributed by atoms with E-state index >= 15 is 0 Å². The van der Waals surface area contributed by atoms with E-state index in [1.54, 1.807) is 25.1 Å². The number of hydrogen-bond acceptors (Lipinski definition) is 6. The average molecular weight is 790 g/mol. The van der Waals surface area contributed by atoms with Gasteiger partial charge in [-0.3, -0.25) is 0 Å². The molecular formula is C37H30N4O4Pt. The number of hydrogen-bond donors (Lipinski definition) is 0. The molecule has 3 aromatic heterocycles. The zero-order valence-corrected chi connectivity index (χ0v) is 28.0. The molecule has 232 valence electrons. The Kier molecular flexibility index (Phi) is 8.93. The van der Waals surface area contributed by atoms with Crippen molar-refractivity contribution in [2.45, 2.75) is 13.8 Å². The summed E-state index contributed by atoms with van der Waals surface area (Å²) in [6.45, 7) is 4.10. The Balaban J connectivity index is 0.00000372. The first-order chi connectivity index (χ1) is 22.0. The van der Waals surface area contributed by atoms with Crippen molar-refractivity contribution in [3.8, 4) is 45.8 Å². The van der Waals surface area contributed by atoms with Gasteiger partial charge in [0.1, 0.15) is 11.6 Å². The molecule has 0 unspecified atom stereocenters. The maximum Gasteiger partial charge on any atom is 2.00 e. The van der Waals surface area contributed by atoms with E-state index in [4.69, 9.17) is 24.0 Å². The zero-order valence-electron chi connectivity index (χ0n) is 25.7. The van der Waals surface area contributed by atoms with E-state index in [1.165, 1.54) is 5.56 Å². The van der Waals surface area contributed by atoms with Crippen molar-refractivity contribution < 1.29 is 40.0 Å². The number of aryl methyl sites for hydroxylation is 2. The predicted octanol–water partition coefficient (Wildman–Crippen LogP) is 8.03. The summed E-state index contributed by atoms with van der Waals surface area (Å²) in [4.78, 5) is 4.64. The summed E-state index contributed by atoms with van der Waals surface area (Å²) in [5.74, 6) is 3.06. The van der Waals surface area contributed by atoms with Crippen molar-refractivity contribution in [2.75, 3.05) is 21.0 Å². The fraction of sp³-hybridized carbons (Fsp3) is 0.135. The van der Waals surface area contributed by atoms with Crippen molar-refractivity contribution in [3.05, 3.63) is 121 Å². The molecule has 0 bridgehead atoms. The number of rotatable bonds is 9. The van der Waals surface area contributed by atoms with Gasteiger partial charge in [-0.05, 0) is 42.6 Å². The monoisotopic (exact) mass is 789 g/mol. The molecule has 0 aliphatic carbocycles. The molecule has 4 aromatic carbocycles. The molecule has 0 aliphatic heterocycles. The smallest absolute Gasteiger partial charge is 0.509 e. The maximum atomic E-state index is 6.36. The van der Waals surface area contributed by atoms with Gasteiger partial charge in [0, 0.05) is 36.4 Å². The molecule has 0 atom stereocenters. The Morgan fingerprint density at radius 1 is 0.804 bits per heavy atom. The van der Waals surface area contributed by atoms with E-state index in [9.17, 15) is 0 Å². The third kappa shape index (κ3) is 5.78. The summed E-state index contributed by atoms with van der Waals surface area (Å²) >= 11 is 0. The molecule has 7 aromatic rings. The Morgan fingerprint density at radius 3 is 2.41 bits per heavy atom. The first kappa shape index (κ1) is 31.1. The van der Waals surface area contributed by atoms with E-state index in [0.717, 1.165) is 50.2 Å². The predicted molar refractivity (Wildman–Crippen MR) is 174 cm³/mol. The number of benzene rings is 4. The molecule has 0 saturated carbocycles. The second-order valence-corrected chi connectivity index (χ2v) is 10.6. The molecule has 0 N–H and O–H groups in total.